The zero-order chi connectivity index (χ0) is 9.80. The molecule has 1 nitrogen and oxygen atoms in total. The molecule has 0 unspecified atom stereocenters. The van der Waals surface area contributed by atoms with Gasteiger partial charge in [-0.1, -0.05) is 42.6 Å². The Labute approximate surface area is 88.7 Å². The Balaban J connectivity index is 2.15. The number of ether oxygens (including phenoxy) is 1. The fraction of sp³-hybridized carbons (Fsp3) is 0.0833. The van der Waals surface area contributed by atoms with Crippen LogP contribution in [0.25, 0.3) is 0 Å². The van der Waals surface area contributed by atoms with E-state index < -0.39 is 0 Å². The summed E-state index contributed by atoms with van der Waals surface area (Å²) in [6.45, 7) is 0. The molecule has 1 aliphatic rings. The largest absolute Gasteiger partial charge is 0.456 e. The maximum Gasteiger partial charge on any atom is 0.141 e. The second-order valence-electron chi connectivity index (χ2n) is 3.00. The van der Waals surface area contributed by atoms with Gasteiger partial charge in [-0.3, -0.25) is 0 Å². The number of hydrogen-bond acceptors (Lipinski definition) is 2. The van der Waals surface area contributed by atoms with Crippen molar-refractivity contribution in [3.63, 3.8) is 0 Å². The van der Waals surface area contributed by atoms with Gasteiger partial charge in [0.2, 0.25) is 0 Å². The Morgan fingerprint density at radius 1 is 1.14 bits per heavy atom. The van der Waals surface area contributed by atoms with Crippen molar-refractivity contribution in [1.29, 1.82) is 0 Å². The smallest absolute Gasteiger partial charge is 0.141 e. The molecule has 0 spiro atoms. The molecule has 0 N–H and O–H groups in total. The van der Waals surface area contributed by atoms with Crippen LogP contribution in [0.4, 0.5) is 0 Å². The normalized spacial score (nSPS) is 15.1. The molecule has 0 radical (unpaired) electrons. The summed E-state index contributed by atoms with van der Waals surface area (Å²) in [7, 11) is 0. The fourth-order valence-corrected chi connectivity index (χ4v) is 1.44. The second kappa shape index (κ2) is 4.20. The van der Waals surface area contributed by atoms with Gasteiger partial charge in [0.05, 0.1) is 4.86 Å². The van der Waals surface area contributed by atoms with Gasteiger partial charge in [0.1, 0.15) is 11.5 Å². The third-order valence-electron chi connectivity index (χ3n) is 1.93. The van der Waals surface area contributed by atoms with E-state index in [4.69, 9.17) is 17.0 Å². The Morgan fingerprint density at radius 2 is 1.93 bits per heavy atom. The van der Waals surface area contributed by atoms with Crippen LogP contribution in [0.2, 0.25) is 0 Å². The molecule has 0 bridgehead atoms. The standard InChI is InChI=1S/C12H10OS/c14-12-9-5-4-8-11(12)13-10-6-2-1-3-7-10/h1-8H,9H2. The average Bonchev–Trinajstić information content (AvgIpc) is 2.23. The lowest BCUT2D eigenvalue weighted by atomic mass is 10.1. The van der Waals surface area contributed by atoms with Gasteiger partial charge in [-0.2, -0.15) is 0 Å². The lowest BCUT2D eigenvalue weighted by molar-refractivity contribution is 0.454. The van der Waals surface area contributed by atoms with Gasteiger partial charge in [-0.05, 0) is 18.2 Å². The van der Waals surface area contributed by atoms with Crippen LogP contribution in [0, 0.1) is 0 Å². The van der Waals surface area contributed by atoms with Crippen molar-refractivity contribution >= 4 is 17.1 Å². The quantitative estimate of drug-likeness (QED) is 0.681. The first-order chi connectivity index (χ1) is 6.86. The molecular formula is C12H10OS. The molecule has 0 aromatic heterocycles. The van der Waals surface area contributed by atoms with Gasteiger partial charge < -0.3 is 4.74 Å². The molecule has 70 valence electrons. The number of allylic oxidation sites excluding steroid dienone is 4. The summed E-state index contributed by atoms with van der Waals surface area (Å²) >= 11 is 5.18. The van der Waals surface area contributed by atoms with Crippen molar-refractivity contribution in [2.45, 2.75) is 6.42 Å². The minimum absolute atomic E-state index is 0.786. The number of thiocarbonyl (C=S) groups is 1. The Bertz CT molecular complexity index is 390. The van der Waals surface area contributed by atoms with E-state index in [0.717, 1.165) is 22.8 Å². The molecule has 14 heavy (non-hydrogen) atoms. The van der Waals surface area contributed by atoms with Gasteiger partial charge in [0.25, 0.3) is 0 Å². The maximum absolute atomic E-state index is 5.64. The van der Waals surface area contributed by atoms with Crippen molar-refractivity contribution in [2.75, 3.05) is 0 Å². The number of benzene rings is 1. The minimum Gasteiger partial charge on any atom is -0.456 e. The van der Waals surface area contributed by atoms with Crippen molar-refractivity contribution in [3.05, 3.63) is 54.3 Å². The molecule has 0 heterocycles. The third kappa shape index (κ3) is 2.09. The zero-order valence-electron chi connectivity index (χ0n) is 7.64. The Hall–Kier alpha value is -1.41. The summed E-state index contributed by atoms with van der Waals surface area (Å²) in [6.07, 6.45) is 6.70. The molecule has 0 saturated heterocycles. The van der Waals surface area contributed by atoms with Crippen LogP contribution in [-0.4, -0.2) is 4.86 Å². The van der Waals surface area contributed by atoms with Crippen LogP contribution in [0.1, 0.15) is 6.42 Å². The van der Waals surface area contributed by atoms with Gasteiger partial charge >= 0.3 is 0 Å². The molecule has 0 aliphatic heterocycles. The van der Waals surface area contributed by atoms with Crippen LogP contribution in [0.15, 0.2) is 54.3 Å². The van der Waals surface area contributed by atoms with Crippen molar-refractivity contribution < 1.29 is 4.74 Å². The van der Waals surface area contributed by atoms with Crippen molar-refractivity contribution in [1.82, 2.24) is 0 Å². The Kier molecular flexibility index (Phi) is 2.75. The highest BCUT2D eigenvalue weighted by atomic mass is 32.1. The molecule has 2 heteroatoms. The molecule has 1 aromatic carbocycles. The lowest BCUT2D eigenvalue weighted by Crippen LogP contribution is -2.07. The highest BCUT2D eigenvalue weighted by Crippen LogP contribution is 2.17. The van der Waals surface area contributed by atoms with Gasteiger partial charge in [0.15, 0.2) is 0 Å². The molecule has 2 rings (SSSR count). The van der Waals surface area contributed by atoms with E-state index in [-0.39, 0.29) is 0 Å². The summed E-state index contributed by atoms with van der Waals surface area (Å²) < 4.78 is 5.64. The predicted octanol–water partition coefficient (Wildman–Crippen LogP) is 3.28. The monoisotopic (exact) mass is 202 g/mol. The highest BCUT2D eigenvalue weighted by Gasteiger charge is 2.07. The summed E-state index contributed by atoms with van der Waals surface area (Å²) in [6, 6.07) is 9.68. The maximum atomic E-state index is 5.64. The first-order valence-corrected chi connectivity index (χ1v) is 4.90. The van der Waals surface area contributed by atoms with Gasteiger partial charge in [-0.25, -0.2) is 0 Å². The first-order valence-electron chi connectivity index (χ1n) is 4.49. The first kappa shape index (κ1) is 9.16. The van der Waals surface area contributed by atoms with Crippen LogP contribution >= 0.6 is 12.2 Å². The van der Waals surface area contributed by atoms with Gasteiger partial charge in [0, 0.05) is 6.42 Å². The SMILES string of the molecule is S=C1CC=CC=C1Oc1ccccc1. The average molecular weight is 202 g/mol. The summed E-state index contributed by atoms with van der Waals surface area (Å²) in [5, 5.41) is 0. The highest BCUT2D eigenvalue weighted by molar-refractivity contribution is 7.80. The topological polar surface area (TPSA) is 9.23 Å². The van der Waals surface area contributed by atoms with E-state index in [9.17, 15) is 0 Å². The minimum atomic E-state index is 0.786. The van der Waals surface area contributed by atoms with E-state index in [1.54, 1.807) is 0 Å². The van der Waals surface area contributed by atoms with E-state index in [1.807, 2.05) is 48.6 Å². The zero-order valence-corrected chi connectivity index (χ0v) is 8.46. The fourth-order valence-electron chi connectivity index (χ4n) is 1.23. The molecule has 1 aliphatic carbocycles. The lowest BCUT2D eigenvalue weighted by Gasteiger charge is -2.11. The molecule has 0 atom stereocenters. The number of para-hydroxylation sites is 1. The van der Waals surface area contributed by atoms with E-state index >= 15 is 0 Å². The van der Waals surface area contributed by atoms with Gasteiger partial charge in [-0.15, -0.1) is 0 Å². The van der Waals surface area contributed by atoms with E-state index in [1.165, 1.54) is 0 Å². The van der Waals surface area contributed by atoms with Crippen molar-refractivity contribution in [3.8, 4) is 5.75 Å². The molecule has 0 saturated carbocycles. The number of hydrogen-bond donors (Lipinski definition) is 0. The van der Waals surface area contributed by atoms with Crippen LogP contribution in [0.5, 0.6) is 5.75 Å². The number of rotatable bonds is 2. The van der Waals surface area contributed by atoms with Crippen molar-refractivity contribution in [2.24, 2.45) is 0 Å². The summed E-state index contributed by atoms with van der Waals surface area (Å²) in [5.41, 5.74) is 0. The molecule has 1 aromatic rings. The predicted molar refractivity (Wildman–Crippen MR) is 61.5 cm³/mol. The molecule has 0 fully saturated rings. The second-order valence-corrected chi connectivity index (χ2v) is 3.49. The molecular weight excluding hydrogens is 192 g/mol. The third-order valence-corrected chi connectivity index (χ3v) is 2.30. The van der Waals surface area contributed by atoms with E-state index in [0.29, 0.717) is 0 Å². The van der Waals surface area contributed by atoms with E-state index in [2.05, 4.69) is 0 Å². The van der Waals surface area contributed by atoms with Crippen LogP contribution in [-0.2, 0) is 0 Å². The summed E-state index contributed by atoms with van der Waals surface area (Å²) in [4.78, 5) is 0.858. The van der Waals surface area contributed by atoms with Crippen LogP contribution < -0.4 is 4.74 Å². The Morgan fingerprint density at radius 3 is 2.64 bits per heavy atom. The van der Waals surface area contributed by atoms with Crippen LogP contribution in [0.3, 0.4) is 0 Å². The molecule has 0 amide bonds. The summed E-state index contributed by atoms with van der Waals surface area (Å²) in [5.74, 6) is 1.62.